The van der Waals surface area contributed by atoms with Gasteiger partial charge >= 0.3 is 0 Å². The Labute approximate surface area is 137 Å². The van der Waals surface area contributed by atoms with Gasteiger partial charge in [0.05, 0.1) is 4.90 Å². The first-order valence-corrected chi connectivity index (χ1v) is 10.8. The van der Waals surface area contributed by atoms with Crippen LogP contribution >= 0.6 is 47.5 Å². The molecule has 0 unspecified atom stereocenters. The number of hydrogen-bond acceptors (Lipinski definition) is 6. The molecule has 0 radical (unpaired) electrons. The van der Waals surface area contributed by atoms with Crippen molar-refractivity contribution in [2.75, 3.05) is 24.1 Å². The molecule has 0 atom stereocenters. The van der Waals surface area contributed by atoms with Gasteiger partial charge in [-0.05, 0) is 43.0 Å². The zero-order valence-corrected chi connectivity index (χ0v) is 15.2. The molecular formula is C11H14N2O2S5. The summed E-state index contributed by atoms with van der Waals surface area (Å²) in [5.74, 6) is 0. The summed E-state index contributed by atoms with van der Waals surface area (Å²) < 4.78 is 29.1. The van der Waals surface area contributed by atoms with Crippen molar-refractivity contribution in [1.29, 1.82) is 0 Å². The lowest BCUT2D eigenvalue weighted by atomic mass is 10.3. The molecule has 0 amide bonds. The standard InChI is InChI=1S/C11H14N2O2S5/c1-17-10(16)12-8-4-6-9(7-5-8)20(14,15)13-11(18-2)19-3/h4-7H,1-3H3,(H,12,16). The summed E-state index contributed by atoms with van der Waals surface area (Å²) in [7, 11) is -3.65. The highest BCUT2D eigenvalue weighted by Crippen LogP contribution is 2.20. The van der Waals surface area contributed by atoms with E-state index in [1.54, 1.807) is 24.6 Å². The molecule has 1 N–H and O–H groups in total. The van der Waals surface area contributed by atoms with Crippen LogP contribution in [0.4, 0.5) is 5.69 Å². The van der Waals surface area contributed by atoms with Crippen molar-refractivity contribution in [2.45, 2.75) is 4.90 Å². The summed E-state index contributed by atoms with van der Waals surface area (Å²) in [6.07, 6.45) is 5.46. The second-order valence-corrected chi connectivity index (χ2v) is 8.32. The molecule has 4 nitrogen and oxygen atoms in total. The molecule has 0 fully saturated rings. The van der Waals surface area contributed by atoms with E-state index in [0.29, 0.717) is 8.70 Å². The van der Waals surface area contributed by atoms with Gasteiger partial charge in [-0.1, -0.05) is 12.2 Å². The van der Waals surface area contributed by atoms with Crippen LogP contribution in [0.3, 0.4) is 0 Å². The van der Waals surface area contributed by atoms with Gasteiger partial charge in [0.15, 0.2) is 0 Å². The molecule has 0 spiro atoms. The lowest BCUT2D eigenvalue weighted by molar-refractivity contribution is 0.598. The Morgan fingerprint density at radius 3 is 2.10 bits per heavy atom. The third kappa shape index (κ3) is 5.28. The molecule has 0 aliphatic rings. The number of anilines is 1. The average Bonchev–Trinajstić information content (AvgIpc) is 2.45. The summed E-state index contributed by atoms with van der Waals surface area (Å²) in [6, 6.07) is 6.37. The van der Waals surface area contributed by atoms with Gasteiger partial charge in [0.25, 0.3) is 10.0 Å². The number of nitrogens with one attached hydrogen (secondary N) is 1. The molecule has 0 saturated heterocycles. The molecule has 0 aliphatic carbocycles. The second kappa shape index (κ2) is 8.28. The van der Waals surface area contributed by atoms with Crippen molar-refractivity contribution in [3.63, 3.8) is 0 Å². The van der Waals surface area contributed by atoms with Gasteiger partial charge < -0.3 is 5.32 Å². The van der Waals surface area contributed by atoms with Crippen LogP contribution in [0.5, 0.6) is 0 Å². The Balaban J connectivity index is 2.98. The first-order chi connectivity index (χ1) is 9.42. The Kier molecular flexibility index (Phi) is 7.38. The number of sulfonamides is 1. The minimum atomic E-state index is -3.65. The van der Waals surface area contributed by atoms with E-state index in [1.807, 2.05) is 6.26 Å². The number of thioether (sulfide) groups is 3. The smallest absolute Gasteiger partial charge is 0.283 e. The van der Waals surface area contributed by atoms with Gasteiger partial charge in [-0.15, -0.1) is 39.7 Å². The van der Waals surface area contributed by atoms with E-state index >= 15 is 0 Å². The molecule has 0 aromatic heterocycles. The minimum Gasteiger partial charge on any atom is -0.341 e. The molecule has 110 valence electrons. The monoisotopic (exact) mass is 366 g/mol. The van der Waals surface area contributed by atoms with Crippen molar-refractivity contribution in [1.82, 2.24) is 0 Å². The Morgan fingerprint density at radius 2 is 1.65 bits per heavy atom. The number of nitrogens with zero attached hydrogens (tertiary/aromatic N) is 1. The summed E-state index contributed by atoms with van der Waals surface area (Å²) in [5, 5.41) is 2.99. The Morgan fingerprint density at radius 1 is 1.10 bits per heavy atom. The number of rotatable bonds is 3. The highest BCUT2D eigenvalue weighted by atomic mass is 32.2. The van der Waals surface area contributed by atoms with Gasteiger partial charge in [0.2, 0.25) is 0 Å². The van der Waals surface area contributed by atoms with Crippen LogP contribution < -0.4 is 5.32 Å². The molecule has 0 aliphatic heterocycles. The highest BCUT2D eigenvalue weighted by Gasteiger charge is 2.14. The topological polar surface area (TPSA) is 58.5 Å². The third-order valence-electron chi connectivity index (χ3n) is 2.13. The Bertz CT molecular complexity index is 590. The van der Waals surface area contributed by atoms with Crippen LogP contribution in [0.25, 0.3) is 0 Å². The zero-order chi connectivity index (χ0) is 15.2. The summed E-state index contributed by atoms with van der Waals surface area (Å²) in [5.41, 5.74) is 0.752. The molecule has 9 heteroatoms. The van der Waals surface area contributed by atoms with E-state index in [2.05, 4.69) is 9.71 Å². The molecule has 1 aromatic rings. The van der Waals surface area contributed by atoms with E-state index in [1.165, 1.54) is 47.4 Å². The van der Waals surface area contributed by atoms with Crippen molar-refractivity contribution in [3.8, 4) is 0 Å². The fourth-order valence-electron chi connectivity index (χ4n) is 1.19. The fraction of sp³-hybridized carbons (Fsp3) is 0.273. The quantitative estimate of drug-likeness (QED) is 0.499. The maximum Gasteiger partial charge on any atom is 0.283 e. The lowest BCUT2D eigenvalue weighted by Crippen LogP contribution is -2.04. The predicted octanol–water partition coefficient (Wildman–Crippen LogP) is 3.52. The first kappa shape index (κ1) is 17.8. The predicted molar refractivity (Wildman–Crippen MR) is 97.8 cm³/mol. The maximum absolute atomic E-state index is 12.1. The van der Waals surface area contributed by atoms with Gasteiger partial charge in [0, 0.05) is 5.69 Å². The van der Waals surface area contributed by atoms with Crippen molar-refractivity contribution in [2.24, 2.45) is 4.40 Å². The second-order valence-electron chi connectivity index (χ2n) is 3.38. The van der Waals surface area contributed by atoms with Crippen LogP contribution in [-0.2, 0) is 10.0 Å². The van der Waals surface area contributed by atoms with Crippen LogP contribution in [0.2, 0.25) is 0 Å². The zero-order valence-electron chi connectivity index (χ0n) is 11.1. The summed E-state index contributed by atoms with van der Waals surface area (Å²) in [4.78, 5) is 0.165. The molecule has 20 heavy (non-hydrogen) atoms. The first-order valence-electron chi connectivity index (χ1n) is 5.31. The van der Waals surface area contributed by atoms with Crippen molar-refractivity contribution in [3.05, 3.63) is 24.3 Å². The van der Waals surface area contributed by atoms with Crippen molar-refractivity contribution >= 4 is 71.9 Å². The number of thiocarbonyl (C=S) groups is 1. The van der Waals surface area contributed by atoms with Crippen LogP contribution in [0, 0.1) is 0 Å². The molecular weight excluding hydrogens is 352 g/mol. The van der Waals surface area contributed by atoms with Gasteiger partial charge in [-0.3, -0.25) is 0 Å². The molecule has 1 rings (SSSR count). The minimum absolute atomic E-state index is 0.165. The fourth-order valence-corrected chi connectivity index (χ4v) is 4.16. The van der Waals surface area contributed by atoms with Gasteiger partial charge in [-0.25, -0.2) is 0 Å². The maximum atomic E-state index is 12.1. The van der Waals surface area contributed by atoms with Crippen LogP contribution in [0.1, 0.15) is 0 Å². The number of benzene rings is 1. The van der Waals surface area contributed by atoms with E-state index in [0.717, 1.165) is 5.69 Å². The lowest BCUT2D eigenvalue weighted by Gasteiger charge is -2.06. The van der Waals surface area contributed by atoms with Crippen molar-refractivity contribution < 1.29 is 8.42 Å². The number of hydrogen-bond donors (Lipinski definition) is 1. The molecule has 0 bridgehead atoms. The van der Waals surface area contributed by atoms with Gasteiger partial charge in [0.1, 0.15) is 8.70 Å². The molecule has 0 saturated carbocycles. The van der Waals surface area contributed by atoms with Crippen LogP contribution in [0.15, 0.2) is 33.6 Å². The van der Waals surface area contributed by atoms with E-state index < -0.39 is 10.0 Å². The van der Waals surface area contributed by atoms with E-state index in [4.69, 9.17) is 12.2 Å². The SMILES string of the molecule is CSC(=S)Nc1ccc(S(=O)(=O)N=C(SC)SC)cc1. The summed E-state index contributed by atoms with van der Waals surface area (Å²) >= 11 is 9.07. The summed E-state index contributed by atoms with van der Waals surface area (Å²) in [6.45, 7) is 0. The molecule has 1 aromatic carbocycles. The molecule has 0 heterocycles. The normalized spacial score (nSPS) is 10.9. The Hall–Kier alpha value is -0.220. The van der Waals surface area contributed by atoms with E-state index in [-0.39, 0.29) is 4.90 Å². The largest absolute Gasteiger partial charge is 0.341 e. The van der Waals surface area contributed by atoms with Gasteiger partial charge in [-0.2, -0.15) is 8.42 Å². The van der Waals surface area contributed by atoms with Crippen LogP contribution in [-0.4, -0.2) is 35.9 Å². The highest BCUT2D eigenvalue weighted by molar-refractivity contribution is 8.38. The average molecular weight is 367 g/mol. The third-order valence-corrected chi connectivity index (χ3v) is 6.61. The van der Waals surface area contributed by atoms with E-state index in [9.17, 15) is 8.42 Å².